The molecule has 1 amide bonds. The standard InChI is InChI=1S/C29H28N2O6/c1-5-37-29(35)20-10-8-19(9-11-20)16-31-24(21-7-6-12-30-15-21)23(26(33)28(31)34)25(32)22-14-17(2)13-18(3)27(22)36-4/h6-15,24,32H,5,16H2,1-4H3/b25-23+. The number of hydrogen-bond acceptors (Lipinski definition) is 7. The van der Waals surface area contributed by atoms with Crippen molar-refractivity contribution in [3.05, 3.63) is 99.9 Å². The topological polar surface area (TPSA) is 106 Å². The number of esters is 1. The Morgan fingerprint density at radius 3 is 2.46 bits per heavy atom. The summed E-state index contributed by atoms with van der Waals surface area (Å²) in [7, 11) is 1.49. The number of benzene rings is 2. The summed E-state index contributed by atoms with van der Waals surface area (Å²) in [5.41, 5.74) is 3.63. The summed E-state index contributed by atoms with van der Waals surface area (Å²) in [6.07, 6.45) is 3.16. The molecule has 0 spiro atoms. The molecule has 1 aliphatic rings. The molecule has 0 bridgehead atoms. The number of carbonyl (C=O) groups is 3. The van der Waals surface area contributed by atoms with Crippen molar-refractivity contribution in [1.29, 1.82) is 0 Å². The second-order valence-corrected chi connectivity index (χ2v) is 8.79. The first-order valence-electron chi connectivity index (χ1n) is 11.9. The number of methoxy groups -OCH3 is 1. The van der Waals surface area contributed by atoms with Gasteiger partial charge in [0.05, 0.1) is 36.5 Å². The number of aromatic nitrogens is 1. The van der Waals surface area contributed by atoms with E-state index in [1.807, 2.05) is 19.9 Å². The third-order valence-corrected chi connectivity index (χ3v) is 6.24. The second-order valence-electron chi connectivity index (χ2n) is 8.79. The number of likely N-dealkylation sites (tertiary alicyclic amines) is 1. The van der Waals surface area contributed by atoms with E-state index in [2.05, 4.69) is 4.98 Å². The molecule has 1 aromatic heterocycles. The van der Waals surface area contributed by atoms with Crippen molar-refractivity contribution in [3.63, 3.8) is 0 Å². The van der Waals surface area contributed by atoms with Crippen LogP contribution in [0.2, 0.25) is 0 Å². The molecule has 3 aromatic rings. The Labute approximate surface area is 215 Å². The highest BCUT2D eigenvalue weighted by Gasteiger charge is 2.46. The van der Waals surface area contributed by atoms with Crippen molar-refractivity contribution in [2.24, 2.45) is 0 Å². The molecular formula is C29H28N2O6. The molecule has 0 aliphatic carbocycles. The Morgan fingerprint density at radius 1 is 1.11 bits per heavy atom. The van der Waals surface area contributed by atoms with Gasteiger partial charge in [-0.2, -0.15) is 0 Å². The fourth-order valence-corrected chi connectivity index (χ4v) is 4.63. The first-order valence-corrected chi connectivity index (χ1v) is 11.9. The smallest absolute Gasteiger partial charge is 0.338 e. The molecule has 0 saturated carbocycles. The Hall–Kier alpha value is -4.46. The molecule has 1 N–H and O–H groups in total. The van der Waals surface area contributed by atoms with Gasteiger partial charge in [0.1, 0.15) is 11.5 Å². The molecule has 1 unspecified atom stereocenters. The summed E-state index contributed by atoms with van der Waals surface area (Å²) in [5.74, 6) is -1.86. The largest absolute Gasteiger partial charge is 0.507 e. The minimum Gasteiger partial charge on any atom is -0.507 e. The van der Waals surface area contributed by atoms with Gasteiger partial charge in [0.2, 0.25) is 0 Å². The van der Waals surface area contributed by atoms with Crippen LogP contribution in [-0.2, 0) is 20.9 Å². The quantitative estimate of drug-likeness (QED) is 0.220. The summed E-state index contributed by atoms with van der Waals surface area (Å²) in [6.45, 7) is 5.80. The van der Waals surface area contributed by atoms with E-state index in [0.717, 1.165) is 11.1 Å². The fraction of sp³-hybridized carbons (Fsp3) is 0.241. The number of rotatable bonds is 7. The first-order chi connectivity index (χ1) is 17.8. The number of pyridine rings is 1. The van der Waals surface area contributed by atoms with Gasteiger partial charge in [-0.05, 0) is 67.3 Å². The highest BCUT2D eigenvalue weighted by atomic mass is 16.5. The zero-order valence-electron chi connectivity index (χ0n) is 21.1. The number of carbonyl (C=O) groups excluding carboxylic acids is 3. The maximum Gasteiger partial charge on any atom is 0.338 e. The summed E-state index contributed by atoms with van der Waals surface area (Å²) >= 11 is 0. The maximum atomic E-state index is 13.4. The SMILES string of the molecule is CCOC(=O)c1ccc(CN2C(=O)C(=O)/C(=C(/O)c3cc(C)cc(C)c3OC)C2c2cccnc2)cc1. The van der Waals surface area contributed by atoms with Gasteiger partial charge in [0.25, 0.3) is 11.7 Å². The number of aliphatic hydroxyl groups is 1. The number of ketones is 1. The van der Waals surface area contributed by atoms with Crippen LogP contribution in [0.25, 0.3) is 5.76 Å². The minimum atomic E-state index is -0.871. The summed E-state index contributed by atoms with van der Waals surface area (Å²) < 4.78 is 10.6. The minimum absolute atomic E-state index is 0.0376. The van der Waals surface area contributed by atoms with Gasteiger partial charge < -0.3 is 19.5 Å². The highest BCUT2D eigenvalue weighted by molar-refractivity contribution is 6.46. The van der Waals surface area contributed by atoms with Gasteiger partial charge in [-0.3, -0.25) is 14.6 Å². The number of aryl methyl sites for hydroxylation is 2. The third kappa shape index (κ3) is 4.95. The van der Waals surface area contributed by atoms with E-state index < -0.39 is 23.7 Å². The predicted octanol–water partition coefficient (Wildman–Crippen LogP) is 4.51. The Morgan fingerprint density at radius 2 is 1.84 bits per heavy atom. The molecular weight excluding hydrogens is 472 g/mol. The number of Topliss-reactive ketones (excluding diaryl/α,β-unsaturated/α-hetero) is 1. The van der Waals surface area contributed by atoms with Crippen molar-refractivity contribution in [2.45, 2.75) is 33.4 Å². The van der Waals surface area contributed by atoms with Crippen molar-refractivity contribution in [1.82, 2.24) is 9.88 Å². The lowest BCUT2D eigenvalue weighted by Gasteiger charge is -2.25. The fourth-order valence-electron chi connectivity index (χ4n) is 4.63. The lowest BCUT2D eigenvalue weighted by molar-refractivity contribution is -0.140. The van der Waals surface area contributed by atoms with E-state index in [1.165, 1.54) is 12.0 Å². The van der Waals surface area contributed by atoms with E-state index in [0.29, 0.717) is 28.0 Å². The van der Waals surface area contributed by atoms with Crippen LogP contribution in [0.3, 0.4) is 0 Å². The zero-order chi connectivity index (χ0) is 26.7. The van der Waals surface area contributed by atoms with E-state index in [1.54, 1.807) is 61.8 Å². The summed E-state index contributed by atoms with van der Waals surface area (Å²) in [6, 6.07) is 12.9. The van der Waals surface area contributed by atoms with Gasteiger partial charge in [-0.1, -0.05) is 24.3 Å². The van der Waals surface area contributed by atoms with Crippen LogP contribution >= 0.6 is 0 Å². The van der Waals surface area contributed by atoms with Crippen LogP contribution in [0.15, 0.2) is 66.5 Å². The monoisotopic (exact) mass is 500 g/mol. The molecule has 4 rings (SSSR count). The van der Waals surface area contributed by atoms with Crippen LogP contribution in [0.5, 0.6) is 5.75 Å². The summed E-state index contributed by atoms with van der Waals surface area (Å²) in [5, 5.41) is 11.5. The average molecular weight is 501 g/mol. The number of aliphatic hydroxyl groups excluding tert-OH is 1. The first kappa shape index (κ1) is 25.6. The molecule has 1 fully saturated rings. The van der Waals surface area contributed by atoms with E-state index >= 15 is 0 Å². The van der Waals surface area contributed by atoms with Crippen LogP contribution in [0.4, 0.5) is 0 Å². The molecule has 2 heterocycles. The van der Waals surface area contributed by atoms with Crippen LogP contribution in [0.1, 0.15) is 51.1 Å². The van der Waals surface area contributed by atoms with Gasteiger partial charge in [0.15, 0.2) is 0 Å². The van der Waals surface area contributed by atoms with Gasteiger partial charge in [0, 0.05) is 18.9 Å². The van der Waals surface area contributed by atoms with Crippen molar-refractivity contribution >= 4 is 23.4 Å². The Bertz CT molecular complexity index is 1380. The number of nitrogens with zero attached hydrogens (tertiary/aromatic N) is 2. The van der Waals surface area contributed by atoms with Crippen LogP contribution < -0.4 is 4.74 Å². The number of amides is 1. The van der Waals surface area contributed by atoms with Crippen molar-refractivity contribution < 1.29 is 29.0 Å². The molecule has 1 aliphatic heterocycles. The van der Waals surface area contributed by atoms with Crippen molar-refractivity contribution in [2.75, 3.05) is 13.7 Å². The molecule has 1 saturated heterocycles. The molecule has 0 radical (unpaired) electrons. The van der Waals surface area contributed by atoms with Crippen LogP contribution in [0, 0.1) is 13.8 Å². The Kier molecular flexibility index (Phi) is 7.38. The van der Waals surface area contributed by atoms with E-state index in [9.17, 15) is 19.5 Å². The van der Waals surface area contributed by atoms with E-state index in [4.69, 9.17) is 9.47 Å². The molecule has 1 atom stereocenters. The van der Waals surface area contributed by atoms with Gasteiger partial charge in [-0.25, -0.2) is 4.79 Å². The van der Waals surface area contributed by atoms with Crippen molar-refractivity contribution in [3.8, 4) is 5.75 Å². The summed E-state index contributed by atoms with van der Waals surface area (Å²) in [4.78, 5) is 44.2. The third-order valence-electron chi connectivity index (χ3n) is 6.24. The zero-order valence-corrected chi connectivity index (χ0v) is 21.1. The Balaban J connectivity index is 1.81. The number of ether oxygens (including phenoxy) is 2. The predicted molar refractivity (Wildman–Crippen MR) is 137 cm³/mol. The lowest BCUT2D eigenvalue weighted by Crippen LogP contribution is -2.29. The maximum absolute atomic E-state index is 13.4. The van der Waals surface area contributed by atoms with Crippen LogP contribution in [-0.4, -0.2) is 46.4 Å². The lowest BCUT2D eigenvalue weighted by atomic mass is 9.94. The normalized spacial score (nSPS) is 16.6. The average Bonchev–Trinajstić information content (AvgIpc) is 3.14. The van der Waals surface area contributed by atoms with Gasteiger partial charge in [-0.15, -0.1) is 0 Å². The number of hydrogen-bond donors (Lipinski definition) is 1. The molecule has 8 nitrogen and oxygen atoms in total. The second kappa shape index (κ2) is 10.7. The molecule has 8 heteroatoms. The molecule has 190 valence electrons. The van der Waals surface area contributed by atoms with Gasteiger partial charge >= 0.3 is 5.97 Å². The molecule has 37 heavy (non-hydrogen) atoms. The highest BCUT2D eigenvalue weighted by Crippen LogP contribution is 2.42. The van der Waals surface area contributed by atoms with E-state index in [-0.39, 0.29) is 24.5 Å². The molecule has 2 aromatic carbocycles.